The second-order valence-electron chi connectivity index (χ2n) is 6.21. The lowest BCUT2D eigenvalue weighted by Crippen LogP contribution is -2.27. The molecule has 9 heteroatoms. The second kappa shape index (κ2) is 9.76. The first-order valence-electron chi connectivity index (χ1n) is 7.85. The number of esters is 1. The van der Waals surface area contributed by atoms with Gasteiger partial charge in [-0.25, -0.2) is 9.78 Å². The van der Waals surface area contributed by atoms with Gasteiger partial charge in [0.05, 0.1) is 12.5 Å². The first kappa shape index (κ1) is 21.4. The van der Waals surface area contributed by atoms with E-state index in [1.165, 1.54) is 18.3 Å². The Morgan fingerprint density at radius 2 is 2.04 bits per heavy atom. The Morgan fingerprint density at radius 1 is 1.36 bits per heavy atom. The molecule has 0 aliphatic heterocycles. The van der Waals surface area contributed by atoms with Crippen LogP contribution in [-0.2, 0) is 25.5 Å². The highest BCUT2D eigenvalue weighted by Gasteiger charge is 2.23. The Kier molecular flexibility index (Phi) is 8.37. The number of ether oxygens (including phenoxy) is 2. The Hall–Kier alpha value is -1.61. The van der Waals surface area contributed by atoms with Gasteiger partial charge >= 0.3 is 12.1 Å². The minimum atomic E-state index is -0.594. The van der Waals surface area contributed by atoms with Crippen molar-refractivity contribution in [3.8, 4) is 0 Å². The normalized spacial score (nSPS) is 12.4. The van der Waals surface area contributed by atoms with E-state index in [-0.39, 0.29) is 17.7 Å². The van der Waals surface area contributed by atoms with Crippen LogP contribution in [0.15, 0.2) is 6.20 Å². The average molecular weight is 389 g/mol. The number of thioether (sulfide) groups is 1. The average Bonchev–Trinajstić information content (AvgIpc) is 2.88. The fourth-order valence-corrected chi connectivity index (χ4v) is 3.35. The fraction of sp³-hybridized carbons (Fsp3) is 0.625. The highest BCUT2D eigenvalue weighted by molar-refractivity contribution is 8.13. The maximum Gasteiger partial charge on any atom is 0.413 e. The van der Waals surface area contributed by atoms with E-state index in [2.05, 4.69) is 10.3 Å². The highest BCUT2D eigenvalue weighted by atomic mass is 32.2. The van der Waals surface area contributed by atoms with Crippen LogP contribution in [0.3, 0.4) is 0 Å². The number of hydrogen-bond acceptors (Lipinski definition) is 8. The molecule has 1 N–H and O–H groups in total. The van der Waals surface area contributed by atoms with Crippen LogP contribution in [0.2, 0.25) is 0 Å². The number of anilines is 1. The number of carbonyl (C=O) groups excluding carboxylic acids is 3. The molecule has 7 nitrogen and oxygen atoms in total. The molecule has 0 aromatic carbocycles. The third-order valence-corrected chi connectivity index (χ3v) is 4.63. The van der Waals surface area contributed by atoms with E-state index < -0.39 is 17.6 Å². The summed E-state index contributed by atoms with van der Waals surface area (Å²) < 4.78 is 10.2. The Morgan fingerprint density at radius 3 is 2.60 bits per heavy atom. The molecule has 1 aromatic heterocycles. The van der Waals surface area contributed by atoms with Crippen LogP contribution in [0.4, 0.5) is 9.93 Å². The summed E-state index contributed by atoms with van der Waals surface area (Å²) in [5, 5.41) is 2.91. The van der Waals surface area contributed by atoms with Crippen molar-refractivity contribution in [2.75, 3.05) is 17.7 Å². The predicted octanol–water partition coefficient (Wildman–Crippen LogP) is 3.49. The standard InChI is InChI=1S/C16H24N2O5S2/c1-6-22-13(20)11(9-24-10(2)19)7-12-8-17-14(25-12)18-15(21)23-16(3,4)5/h8,11H,6-7,9H2,1-5H3,(H,17,18,21). The van der Waals surface area contributed by atoms with Crippen molar-refractivity contribution in [3.63, 3.8) is 0 Å². The lowest BCUT2D eigenvalue weighted by Gasteiger charge is -2.18. The van der Waals surface area contributed by atoms with Gasteiger partial charge in [-0.3, -0.25) is 14.9 Å². The summed E-state index contributed by atoms with van der Waals surface area (Å²) in [6.07, 6.45) is 1.41. The predicted molar refractivity (Wildman–Crippen MR) is 98.9 cm³/mol. The van der Waals surface area contributed by atoms with Gasteiger partial charge in [-0.2, -0.15) is 0 Å². The first-order valence-corrected chi connectivity index (χ1v) is 9.65. The molecular weight excluding hydrogens is 364 g/mol. The minimum absolute atomic E-state index is 0.0501. The van der Waals surface area contributed by atoms with Crippen molar-refractivity contribution in [2.24, 2.45) is 5.92 Å². The zero-order valence-electron chi connectivity index (χ0n) is 15.1. The molecule has 1 amide bonds. The van der Waals surface area contributed by atoms with Gasteiger partial charge in [0.2, 0.25) is 0 Å². The van der Waals surface area contributed by atoms with E-state index in [4.69, 9.17) is 9.47 Å². The van der Waals surface area contributed by atoms with E-state index in [9.17, 15) is 14.4 Å². The number of nitrogens with one attached hydrogen (secondary N) is 1. The van der Waals surface area contributed by atoms with E-state index in [0.717, 1.165) is 16.6 Å². The van der Waals surface area contributed by atoms with Crippen LogP contribution in [0.5, 0.6) is 0 Å². The lowest BCUT2D eigenvalue weighted by molar-refractivity contribution is -0.147. The Balaban J connectivity index is 2.69. The van der Waals surface area contributed by atoms with Gasteiger partial charge in [-0.1, -0.05) is 11.8 Å². The van der Waals surface area contributed by atoms with Crippen molar-refractivity contribution in [1.82, 2.24) is 4.98 Å². The smallest absolute Gasteiger partial charge is 0.413 e. The molecule has 140 valence electrons. The van der Waals surface area contributed by atoms with E-state index in [0.29, 0.717) is 17.3 Å². The second-order valence-corrected chi connectivity index (χ2v) is 8.53. The number of rotatable bonds is 7. The molecule has 0 aliphatic carbocycles. The van der Waals surface area contributed by atoms with Gasteiger partial charge in [0.25, 0.3) is 0 Å². The number of carbonyl (C=O) groups is 3. The largest absolute Gasteiger partial charge is 0.466 e. The van der Waals surface area contributed by atoms with Crippen LogP contribution in [0.1, 0.15) is 39.5 Å². The van der Waals surface area contributed by atoms with Crippen LogP contribution in [0.25, 0.3) is 0 Å². The SMILES string of the molecule is CCOC(=O)C(CSC(C)=O)Cc1cnc(NC(=O)OC(C)(C)C)s1. The van der Waals surface area contributed by atoms with Gasteiger partial charge in [-0.05, 0) is 34.1 Å². The van der Waals surface area contributed by atoms with Gasteiger partial charge in [-0.15, -0.1) is 11.3 Å². The van der Waals surface area contributed by atoms with E-state index in [1.807, 2.05) is 0 Å². The third kappa shape index (κ3) is 8.87. The van der Waals surface area contributed by atoms with Crippen molar-refractivity contribution in [3.05, 3.63) is 11.1 Å². The molecule has 0 saturated carbocycles. The summed E-state index contributed by atoms with van der Waals surface area (Å²) in [4.78, 5) is 39.9. The molecule has 0 radical (unpaired) electrons. The van der Waals surface area contributed by atoms with Crippen molar-refractivity contribution in [1.29, 1.82) is 0 Å². The summed E-state index contributed by atoms with van der Waals surface area (Å²) >= 11 is 2.35. The van der Waals surface area contributed by atoms with Gasteiger partial charge in [0.15, 0.2) is 10.2 Å². The first-order chi connectivity index (χ1) is 11.6. The fourth-order valence-electron chi connectivity index (χ4n) is 1.78. The zero-order valence-corrected chi connectivity index (χ0v) is 16.7. The van der Waals surface area contributed by atoms with E-state index in [1.54, 1.807) is 33.9 Å². The summed E-state index contributed by atoms with van der Waals surface area (Å²) in [6.45, 7) is 8.81. The van der Waals surface area contributed by atoms with E-state index >= 15 is 0 Å². The molecule has 1 rings (SSSR count). The molecule has 0 aliphatic rings. The van der Waals surface area contributed by atoms with Crippen molar-refractivity contribution >= 4 is 45.4 Å². The van der Waals surface area contributed by atoms with Gasteiger partial charge in [0.1, 0.15) is 5.60 Å². The van der Waals surface area contributed by atoms with Gasteiger partial charge in [0, 0.05) is 23.8 Å². The molecule has 0 spiro atoms. The molecule has 1 unspecified atom stereocenters. The molecule has 1 aromatic rings. The molecule has 25 heavy (non-hydrogen) atoms. The summed E-state index contributed by atoms with van der Waals surface area (Å²) in [7, 11) is 0. The molecule has 0 bridgehead atoms. The van der Waals surface area contributed by atoms with Crippen molar-refractivity contribution in [2.45, 2.75) is 46.6 Å². The number of hydrogen-bond donors (Lipinski definition) is 1. The summed E-state index contributed by atoms with van der Waals surface area (Å²) in [5.74, 6) is -0.434. The zero-order chi connectivity index (χ0) is 19.0. The Bertz CT molecular complexity index is 610. The van der Waals surface area contributed by atoms with Gasteiger partial charge < -0.3 is 9.47 Å². The maximum atomic E-state index is 12.0. The molecule has 0 saturated heterocycles. The quantitative estimate of drug-likeness (QED) is 0.714. The lowest BCUT2D eigenvalue weighted by atomic mass is 10.1. The number of thiazole rings is 1. The third-order valence-electron chi connectivity index (χ3n) is 2.72. The summed E-state index contributed by atoms with van der Waals surface area (Å²) in [6, 6.07) is 0. The maximum absolute atomic E-state index is 12.0. The van der Waals surface area contributed by atoms with Crippen molar-refractivity contribution < 1.29 is 23.9 Å². The molecule has 1 heterocycles. The molecular formula is C16H24N2O5S2. The number of nitrogens with zero attached hydrogens (tertiary/aromatic N) is 1. The monoisotopic (exact) mass is 388 g/mol. The highest BCUT2D eigenvalue weighted by Crippen LogP contribution is 2.24. The number of amides is 1. The van der Waals surface area contributed by atoms with Crippen LogP contribution in [-0.4, -0.2) is 40.1 Å². The van der Waals surface area contributed by atoms with Crippen LogP contribution in [0, 0.1) is 5.92 Å². The van der Waals surface area contributed by atoms with Crippen LogP contribution >= 0.6 is 23.1 Å². The topological polar surface area (TPSA) is 94.6 Å². The Labute approximate surface area is 155 Å². The van der Waals surface area contributed by atoms with Crippen LogP contribution < -0.4 is 5.32 Å². The summed E-state index contributed by atoms with van der Waals surface area (Å²) in [5.41, 5.74) is -0.594. The number of aromatic nitrogens is 1. The minimum Gasteiger partial charge on any atom is -0.466 e. The molecule has 1 atom stereocenters. The molecule has 0 fully saturated rings.